The second-order valence-corrected chi connectivity index (χ2v) is 9.27. The zero-order valence-corrected chi connectivity index (χ0v) is 18.4. The van der Waals surface area contributed by atoms with Crippen molar-refractivity contribution in [1.82, 2.24) is 9.62 Å². The number of ether oxygens (including phenoxy) is 1. The molecule has 2 rings (SSSR count). The Hall–Kier alpha value is -1.69. The molecule has 28 heavy (non-hydrogen) atoms. The van der Waals surface area contributed by atoms with Crippen molar-refractivity contribution >= 4 is 23.8 Å². The van der Waals surface area contributed by atoms with Crippen LogP contribution in [-0.2, 0) is 15.0 Å². The van der Waals surface area contributed by atoms with E-state index in [9.17, 15) is 9.59 Å². The first kappa shape index (κ1) is 22.6. The third-order valence-electron chi connectivity index (χ3n) is 4.79. The summed E-state index contributed by atoms with van der Waals surface area (Å²) in [5.41, 5.74) is 1.19. The minimum Gasteiger partial charge on any atom is -0.486 e. The molecule has 156 valence electrons. The second-order valence-electron chi connectivity index (χ2n) is 8.37. The van der Waals surface area contributed by atoms with Gasteiger partial charge in [-0.1, -0.05) is 70.7 Å². The molecule has 1 heterocycles. The average molecular weight is 407 g/mol. The molecule has 1 aliphatic heterocycles. The van der Waals surface area contributed by atoms with Crippen LogP contribution in [0.3, 0.4) is 0 Å². The molecule has 1 aliphatic rings. The lowest BCUT2D eigenvalue weighted by Crippen LogP contribution is -2.56. The summed E-state index contributed by atoms with van der Waals surface area (Å²) in [6.07, 6.45) is 3.98. The Morgan fingerprint density at radius 3 is 2.57 bits per heavy atom. The van der Waals surface area contributed by atoms with Gasteiger partial charge in [0.15, 0.2) is 0 Å². The number of hydrogen-bond acceptors (Lipinski definition) is 4. The first-order valence-electron chi connectivity index (χ1n) is 10.3. The molecule has 0 bridgehead atoms. The predicted octanol–water partition coefficient (Wildman–Crippen LogP) is 4.31. The maximum absolute atomic E-state index is 12.3. The average Bonchev–Trinajstić information content (AvgIpc) is 2.61. The Labute approximate surface area is 173 Å². The summed E-state index contributed by atoms with van der Waals surface area (Å²) in [7, 11) is 0. The van der Waals surface area contributed by atoms with Gasteiger partial charge in [0.25, 0.3) is 0 Å². The number of carbonyl (C=O) groups excluding carboxylic acids is 2. The first-order chi connectivity index (χ1) is 13.3. The summed E-state index contributed by atoms with van der Waals surface area (Å²) < 4.78 is 8.94. The summed E-state index contributed by atoms with van der Waals surface area (Å²) in [6, 6.07) is 8.09. The minimum atomic E-state index is -0.0673. The van der Waals surface area contributed by atoms with E-state index < -0.39 is 0 Å². The van der Waals surface area contributed by atoms with Crippen molar-refractivity contribution in [3.05, 3.63) is 29.8 Å². The van der Waals surface area contributed by atoms with Crippen LogP contribution in [-0.4, -0.2) is 41.7 Å². The number of nitrogens with one attached hydrogen (secondary N) is 1. The summed E-state index contributed by atoms with van der Waals surface area (Å²) in [5, 5.41) is 0. The van der Waals surface area contributed by atoms with Crippen molar-refractivity contribution in [2.24, 2.45) is 0 Å². The van der Waals surface area contributed by atoms with Crippen LogP contribution in [0, 0.1) is 0 Å². The summed E-state index contributed by atoms with van der Waals surface area (Å²) in [4.78, 5) is 25.8. The number of nitrogens with zero attached hydrogens (tertiary/aromatic N) is 1. The van der Waals surface area contributed by atoms with Gasteiger partial charge in [-0.15, -0.1) is 0 Å². The van der Waals surface area contributed by atoms with E-state index in [4.69, 9.17) is 4.74 Å². The van der Waals surface area contributed by atoms with Crippen molar-refractivity contribution in [3.63, 3.8) is 0 Å². The molecule has 1 fully saturated rings. The lowest BCUT2D eigenvalue weighted by atomic mass is 9.86. The molecule has 5 nitrogen and oxygen atoms in total. The standard InChI is InChI=1S/C22H34N2O3S/c1-5-6-9-14-28-23-20(25)12-13-21(26)24-15-17(16-24)27-19-11-8-7-10-18(19)22(2,3)4/h7-8,10-11,17H,5-6,9,12-16H2,1-4H3,(H,23,25). The van der Waals surface area contributed by atoms with Crippen molar-refractivity contribution in [2.45, 2.75) is 71.3 Å². The van der Waals surface area contributed by atoms with E-state index >= 15 is 0 Å². The lowest BCUT2D eigenvalue weighted by molar-refractivity contribution is -0.141. The van der Waals surface area contributed by atoms with Gasteiger partial charge in [0.2, 0.25) is 11.8 Å². The van der Waals surface area contributed by atoms with Crippen LogP contribution in [0.2, 0.25) is 0 Å². The Balaban J connectivity index is 1.67. The highest BCUT2D eigenvalue weighted by Crippen LogP contribution is 2.32. The van der Waals surface area contributed by atoms with E-state index in [-0.39, 0.29) is 36.2 Å². The molecule has 1 aromatic carbocycles. The highest BCUT2D eigenvalue weighted by atomic mass is 32.2. The van der Waals surface area contributed by atoms with Gasteiger partial charge in [-0.05, 0) is 23.5 Å². The Kier molecular flexibility index (Phi) is 8.67. The van der Waals surface area contributed by atoms with Gasteiger partial charge in [-0.25, -0.2) is 0 Å². The third-order valence-corrected chi connectivity index (χ3v) is 5.66. The van der Waals surface area contributed by atoms with Crippen LogP contribution in [0.5, 0.6) is 5.75 Å². The van der Waals surface area contributed by atoms with E-state index in [2.05, 4.69) is 38.5 Å². The van der Waals surface area contributed by atoms with Crippen molar-refractivity contribution in [2.75, 3.05) is 18.8 Å². The number of benzene rings is 1. The zero-order valence-electron chi connectivity index (χ0n) is 17.6. The summed E-state index contributed by atoms with van der Waals surface area (Å²) in [5.74, 6) is 1.78. The number of unbranched alkanes of at least 4 members (excludes halogenated alkanes) is 2. The molecule has 1 saturated heterocycles. The van der Waals surface area contributed by atoms with Gasteiger partial charge in [-0.3, -0.25) is 9.59 Å². The normalized spacial score (nSPS) is 14.5. The van der Waals surface area contributed by atoms with Gasteiger partial charge in [-0.2, -0.15) is 0 Å². The smallest absolute Gasteiger partial charge is 0.230 e. The molecular formula is C22H34N2O3S. The van der Waals surface area contributed by atoms with Crippen LogP contribution in [0.15, 0.2) is 24.3 Å². The van der Waals surface area contributed by atoms with E-state index in [1.54, 1.807) is 4.90 Å². The van der Waals surface area contributed by atoms with E-state index in [0.717, 1.165) is 17.9 Å². The highest BCUT2D eigenvalue weighted by molar-refractivity contribution is 7.97. The second kappa shape index (κ2) is 10.7. The fraction of sp³-hybridized carbons (Fsp3) is 0.636. The van der Waals surface area contributed by atoms with Crippen LogP contribution >= 0.6 is 11.9 Å². The van der Waals surface area contributed by atoms with Crippen molar-refractivity contribution in [3.8, 4) is 5.75 Å². The largest absolute Gasteiger partial charge is 0.486 e. The molecule has 6 heteroatoms. The Bertz CT molecular complexity index is 651. The first-order valence-corrected chi connectivity index (χ1v) is 11.2. The topological polar surface area (TPSA) is 58.6 Å². The number of rotatable bonds is 10. The predicted molar refractivity (Wildman–Crippen MR) is 115 cm³/mol. The van der Waals surface area contributed by atoms with E-state index in [0.29, 0.717) is 13.1 Å². The van der Waals surface area contributed by atoms with Gasteiger partial charge in [0.05, 0.1) is 13.1 Å². The maximum Gasteiger partial charge on any atom is 0.230 e. The molecule has 0 aliphatic carbocycles. The van der Waals surface area contributed by atoms with E-state index in [1.165, 1.54) is 30.4 Å². The van der Waals surface area contributed by atoms with Crippen LogP contribution in [0.1, 0.15) is 65.4 Å². The highest BCUT2D eigenvalue weighted by Gasteiger charge is 2.33. The third kappa shape index (κ3) is 7.04. The number of hydrogen-bond donors (Lipinski definition) is 1. The molecule has 2 amide bonds. The van der Waals surface area contributed by atoms with Crippen molar-refractivity contribution < 1.29 is 14.3 Å². The molecule has 0 unspecified atom stereocenters. The van der Waals surface area contributed by atoms with Gasteiger partial charge in [0, 0.05) is 18.6 Å². The van der Waals surface area contributed by atoms with Gasteiger partial charge in [0.1, 0.15) is 11.9 Å². The molecule has 0 spiro atoms. The summed E-state index contributed by atoms with van der Waals surface area (Å²) >= 11 is 1.44. The van der Waals surface area contributed by atoms with Crippen LogP contribution in [0.4, 0.5) is 0 Å². The molecule has 0 radical (unpaired) electrons. The fourth-order valence-electron chi connectivity index (χ4n) is 3.07. The molecule has 0 saturated carbocycles. The molecule has 0 atom stereocenters. The number of likely N-dealkylation sites (tertiary alicyclic amines) is 1. The number of para-hydroxylation sites is 1. The number of amides is 2. The molecule has 1 N–H and O–H groups in total. The van der Waals surface area contributed by atoms with Crippen LogP contribution in [0.25, 0.3) is 0 Å². The van der Waals surface area contributed by atoms with Gasteiger partial charge >= 0.3 is 0 Å². The Morgan fingerprint density at radius 1 is 1.18 bits per heavy atom. The summed E-state index contributed by atoms with van der Waals surface area (Å²) in [6.45, 7) is 9.83. The van der Waals surface area contributed by atoms with Gasteiger partial charge < -0.3 is 14.4 Å². The fourth-order valence-corrected chi connectivity index (χ4v) is 3.78. The zero-order chi connectivity index (χ0) is 20.6. The Morgan fingerprint density at radius 2 is 1.89 bits per heavy atom. The molecular weight excluding hydrogens is 372 g/mol. The lowest BCUT2D eigenvalue weighted by Gasteiger charge is -2.40. The number of carbonyl (C=O) groups is 2. The molecule has 0 aromatic heterocycles. The van der Waals surface area contributed by atoms with Crippen molar-refractivity contribution in [1.29, 1.82) is 0 Å². The SMILES string of the molecule is CCCCCSNC(=O)CCC(=O)N1CC(Oc2ccccc2C(C)(C)C)C1. The monoisotopic (exact) mass is 406 g/mol. The minimum absolute atomic E-state index is 0.0117. The molecule has 1 aromatic rings. The van der Waals surface area contributed by atoms with Crippen LogP contribution < -0.4 is 9.46 Å². The van der Waals surface area contributed by atoms with E-state index in [1.807, 2.05) is 18.2 Å². The maximum atomic E-state index is 12.3. The quantitative estimate of drug-likeness (QED) is 0.465.